The molecule has 0 fully saturated rings. The van der Waals surface area contributed by atoms with Crippen molar-refractivity contribution >= 4 is 51.4 Å². The molecule has 5 atom stereocenters. The first-order valence-corrected chi connectivity index (χ1v) is 15.3. The number of benzene rings is 2. The van der Waals surface area contributed by atoms with Crippen molar-refractivity contribution in [1.82, 2.24) is 25.9 Å². The van der Waals surface area contributed by atoms with E-state index in [1.165, 1.54) is 0 Å². The number of fused-ring (bicyclic) bond motifs is 2. The van der Waals surface area contributed by atoms with Crippen LogP contribution in [0, 0.1) is 5.92 Å². The summed E-state index contributed by atoms with van der Waals surface area (Å²) in [4.78, 5) is 70.4. The average molecular weight is 632 g/mol. The lowest BCUT2D eigenvalue weighted by Gasteiger charge is -2.26. The molecule has 2 heterocycles. The fourth-order valence-corrected chi connectivity index (χ4v) is 5.38. The molecule has 4 rings (SSSR count). The van der Waals surface area contributed by atoms with Gasteiger partial charge in [-0.15, -0.1) is 0 Å². The fourth-order valence-electron chi connectivity index (χ4n) is 5.38. The van der Waals surface area contributed by atoms with E-state index in [0.717, 1.165) is 32.9 Å². The van der Waals surface area contributed by atoms with Crippen molar-refractivity contribution in [3.8, 4) is 0 Å². The number of carbonyl (C=O) groups excluding carboxylic acids is 4. The highest BCUT2D eigenvalue weighted by molar-refractivity contribution is 5.95. The number of aromatic amines is 2. The maximum absolute atomic E-state index is 14.0. The Labute approximate surface area is 265 Å². The number of aliphatic carboxylic acids is 1. The number of nitrogens with two attached hydrogens (primary N) is 2. The lowest BCUT2D eigenvalue weighted by Crippen LogP contribution is -2.58. The second-order valence-electron chi connectivity index (χ2n) is 11.6. The van der Waals surface area contributed by atoms with Gasteiger partial charge in [-0.3, -0.25) is 19.2 Å². The molecule has 244 valence electrons. The molecule has 0 aliphatic rings. The Morgan fingerprint density at radius 3 is 1.74 bits per heavy atom. The summed E-state index contributed by atoms with van der Waals surface area (Å²) < 4.78 is 0. The number of amides is 4. The van der Waals surface area contributed by atoms with Crippen LogP contribution in [0.1, 0.15) is 44.2 Å². The molecule has 2 aromatic heterocycles. The van der Waals surface area contributed by atoms with E-state index in [1.54, 1.807) is 19.3 Å². The molecule has 4 aromatic rings. The summed E-state index contributed by atoms with van der Waals surface area (Å²) in [7, 11) is 0. The van der Waals surface area contributed by atoms with Gasteiger partial charge in [-0.2, -0.15) is 0 Å². The van der Waals surface area contributed by atoms with Crippen molar-refractivity contribution in [1.29, 1.82) is 0 Å². The molecule has 0 aliphatic carbocycles. The molecule has 0 saturated carbocycles. The number of H-pyrrole nitrogens is 2. The summed E-state index contributed by atoms with van der Waals surface area (Å²) in [5, 5.41) is 19.6. The first kappa shape index (κ1) is 33.7. The number of rotatable bonds is 16. The Kier molecular flexibility index (Phi) is 11.2. The Morgan fingerprint density at radius 1 is 0.783 bits per heavy atom. The minimum Gasteiger partial charge on any atom is -0.480 e. The molecule has 46 heavy (non-hydrogen) atoms. The number of para-hydroxylation sites is 2. The SMILES string of the molecule is CCC(C)C(NC(=O)C(Cc1c[nH]c2ccccc12)NC(=O)C(Cc1c[nH]c2ccccc12)NC(=O)C(N)CCC(N)=O)C(=O)O. The molecule has 10 N–H and O–H groups in total. The van der Waals surface area contributed by atoms with Crippen molar-refractivity contribution in [2.24, 2.45) is 17.4 Å². The number of aromatic nitrogens is 2. The van der Waals surface area contributed by atoms with Crippen molar-refractivity contribution in [3.05, 3.63) is 72.1 Å². The van der Waals surface area contributed by atoms with Crippen molar-refractivity contribution in [3.63, 3.8) is 0 Å². The number of hydrogen-bond acceptors (Lipinski definition) is 6. The van der Waals surface area contributed by atoms with Crippen LogP contribution < -0.4 is 27.4 Å². The summed E-state index contributed by atoms with van der Waals surface area (Å²) in [6.45, 7) is 3.55. The molecule has 4 amide bonds. The zero-order valence-corrected chi connectivity index (χ0v) is 25.8. The van der Waals surface area contributed by atoms with E-state index in [4.69, 9.17) is 11.5 Å². The maximum Gasteiger partial charge on any atom is 0.326 e. The largest absolute Gasteiger partial charge is 0.480 e. The van der Waals surface area contributed by atoms with Crippen LogP contribution in [0.15, 0.2) is 60.9 Å². The quantitative estimate of drug-likeness (QED) is 0.0911. The highest BCUT2D eigenvalue weighted by Crippen LogP contribution is 2.21. The molecular weight excluding hydrogens is 590 g/mol. The number of carboxylic acids is 1. The minimum absolute atomic E-state index is 0.0135. The molecule has 13 heteroatoms. The van der Waals surface area contributed by atoms with Crippen LogP contribution in [0.4, 0.5) is 0 Å². The van der Waals surface area contributed by atoms with E-state index in [2.05, 4.69) is 25.9 Å². The summed E-state index contributed by atoms with van der Waals surface area (Å²) in [6, 6.07) is 10.3. The van der Waals surface area contributed by atoms with Gasteiger partial charge in [0.05, 0.1) is 6.04 Å². The molecule has 0 bridgehead atoms. The van der Waals surface area contributed by atoms with Gasteiger partial charge in [-0.25, -0.2) is 4.79 Å². The minimum atomic E-state index is -1.19. The third kappa shape index (κ3) is 8.30. The average Bonchev–Trinajstić information content (AvgIpc) is 3.65. The van der Waals surface area contributed by atoms with Gasteiger partial charge in [0.15, 0.2) is 0 Å². The van der Waals surface area contributed by atoms with E-state index < -0.39 is 53.8 Å². The number of carbonyl (C=O) groups is 5. The normalized spacial score (nSPS) is 14.6. The van der Waals surface area contributed by atoms with Crippen molar-refractivity contribution < 1.29 is 29.1 Å². The second kappa shape index (κ2) is 15.2. The van der Waals surface area contributed by atoms with E-state index in [-0.39, 0.29) is 31.6 Å². The summed E-state index contributed by atoms with van der Waals surface area (Å²) in [5.41, 5.74) is 14.4. The van der Waals surface area contributed by atoms with Gasteiger partial charge < -0.3 is 42.5 Å². The number of primary amides is 1. The van der Waals surface area contributed by atoms with Crippen LogP contribution in [0.25, 0.3) is 21.8 Å². The first-order chi connectivity index (χ1) is 22.0. The van der Waals surface area contributed by atoms with Crippen LogP contribution in [-0.4, -0.2) is 68.8 Å². The molecule has 5 unspecified atom stereocenters. The van der Waals surface area contributed by atoms with E-state index >= 15 is 0 Å². The Bertz CT molecular complexity index is 1710. The smallest absolute Gasteiger partial charge is 0.326 e. The van der Waals surface area contributed by atoms with Gasteiger partial charge in [-0.05, 0) is 35.6 Å². The predicted molar refractivity (Wildman–Crippen MR) is 173 cm³/mol. The van der Waals surface area contributed by atoms with Gasteiger partial charge >= 0.3 is 5.97 Å². The Morgan fingerprint density at radius 2 is 1.26 bits per heavy atom. The lowest BCUT2D eigenvalue weighted by molar-refractivity contribution is -0.143. The van der Waals surface area contributed by atoms with Gasteiger partial charge in [-0.1, -0.05) is 56.7 Å². The summed E-state index contributed by atoms with van der Waals surface area (Å²) in [5.74, 6) is -4.19. The molecular formula is C33H41N7O6. The van der Waals surface area contributed by atoms with Gasteiger partial charge in [0.1, 0.15) is 18.1 Å². The van der Waals surface area contributed by atoms with Gasteiger partial charge in [0, 0.05) is 53.5 Å². The Hall–Kier alpha value is -5.17. The third-order valence-electron chi connectivity index (χ3n) is 8.28. The first-order valence-electron chi connectivity index (χ1n) is 15.3. The Balaban J connectivity index is 1.64. The molecule has 0 spiro atoms. The molecule has 13 nitrogen and oxygen atoms in total. The van der Waals surface area contributed by atoms with E-state index in [9.17, 15) is 29.1 Å². The summed E-state index contributed by atoms with van der Waals surface area (Å²) in [6.07, 6.45) is 3.96. The predicted octanol–water partition coefficient (Wildman–Crippen LogP) is 1.61. The monoisotopic (exact) mass is 631 g/mol. The summed E-state index contributed by atoms with van der Waals surface area (Å²) >= 11 is 0. The highest BCUT2D eigenvalue weighted by Gasteiger charge is 2.33. The van der Waals surface area contributed by atoms with Crippen LogP contribution in [0.2, 0.25) is 0 Å². The van der Waals surface area contributed by atoms with Crippen LogP contribution in [-0.2, 0) is 36.8 Å². The third-order valence-corrected chi connectivity index (χ3v) is 8.28. The lowest BCUT2D eigenvalue weighted by atomic mass is 9.97. The zero-order valence-electron chi connectivity index (χ0n) is 25.8. The van der Waals surface area contributed by atoms with Crippen LogP contribution in [0.5, 0.6) is 0 Å². The standard InChI is InChI=1S/C33H41N7O6/c1-3-18(2)29(33(45)46)40-32(44)27(15-20-17-37-25-11-7-5-9-22(20)25)39-31(43)26(38-30(42)23(34)12-13-28(35)41)14-19-16-36-24-10-6-4-8-21(19)24/h4-11,16-18,23,26-27,29,36-37H,3,12-15,34H2,1-2H3,(H2,35,41)(H,38,42)(H,39,43)(H,40,44)(H,45,46). The van der Waals surface area contributed by atoms with E-state index in [1.807, 2.05) is 55.5 Å². The second-order valence-corrected chi connectivity index (χ2v) is 11.6. The zero-order chi connectivity index (χ0) is 33.4. The number of carboxylic acid groups (broad SMARTS) is 1. The number of hydrogen-bond donors (Lipinski definition) is 8. The molecule has 0 saturated heterocycles. The topological polar surface area (TPSA) is 225 Å². The van der Waals surface area contributed by atoms with Crippen molar-refractivity contribution in [2.75, 3.05) is 0 Å². The highest BCUT2D eigenvalue weighted by atomic mass is 16.4. The van der Waals surface area contributed by atoms with Crippen molar-refractivity contribution in [2.45, 2.75) is 70.1 Å². The maximum atomic E-state index is 14.0. The van der Waals surface area contributed by atoms with Gasteiger partial charge in [0.25, 0.3) is 0 Å². The molecule has 0 radical (unpaired) electrons. The number of nitrogens with one attached hydrogen (secondary N) is 5. The van der Waals surface area contributed by atoms with Crippen LogP contribution >= 0.6 is 0 Å². The fraction of sp³-hybridized carbons (Fsp3) is 0.364. The molecule has 0 aliphatic heterocycles. The van der Waals surface area contributed by atoms with Crippen LogP contribution in [0.3, 0.4) is 0 Å². The molecule has 2 aromatic carbocycles. The van der Waals surface area contributed by atoms with Gasteiger partial charge in [0.2, 0.25) is 23.6 Å². The van der Waals surface area contributed by atoms with E-state index in [0.29, 0.717) is 6.42 Å².